The van der Waals surface area contributed by atoms with Crippen molar-refractivity contribution in [3.63, 3.8) is 0 Å². The van der Waals surface area contributed by atoms with Gasteiger partial charge in [0.05, 0.1) is 17.7 Å². The second kappa shape index (κ2) is 8.63. The van der Waals surface area contributed by atoms with Crippen molar-refractivity contribution in [2.45, 2.75) is 32.7 Å². The number of aromatic nitrogens is 2. The SMILES string of the molecule is CCN(CC)CCCn1cnc2c(c1=N)[C@H](c1ccco1)c1ccc3ccccc3c1O2. The Kier molecular flexibility index (Phi) is 5.53. The molecule has 0 aliphatic carbocycles. The van der Waals surface area contributed by atoms with Crippen LogP contribution in [-0.4, -0.2) is 34.1 Å². The molecule has 0 amide bonds. The first-order valence-corrected chi connectivity index (χ1v) is 11.3. The lowest BCUT2D eigenvalue weighted by Gasteiger charge is -2.28. The number of hydrogen-bond acceptors (Lipinski definition) is 5. The van der Waals surface area contributed by atoms with Gasteiger partial charge in [-0.3, -0.25) is 5.41 Å². The molecule has 6 nitrogen and oxygen atoms in total. The van der Waals surface area contributed by atoms with Crippen LogP contribution in [0.2, 0.25) is 0 Å². The van der Waals surface area contributed by atoms with Crippen LogP contribution in [0.15, 0.2) is 65.5 Å². The zero-order valence-corrected chi connectivity index (χ0v) is 18.5. The summed E-state index contributed by atoms with van der Waals surface area (Å²) in [6.45, 7) is 8.18. The number of ether oxygens (including phenoxy) is 1. The average molecular weight is 429 g/mol. The maximum absolute atomic E-state index is 9.03. The van der Waals surface area contributed by atoms with E-state index in [4.69, 9.17) is 14.6 Å². The largest absolute Gasteiger partial charge is 0.468 e. The highest BCUT2D eigenvalue weighted by Gasteiger charge is 2.34. The second-order valence-electron chi connectivity index (χ2n) is 8.14. The minimum absolute atomic E-state index is 0.233. The molecule has 0 fully saturated rings. The third kappa shape index (κ3) is 3.50. The van der Waals surface area contributed by atoms with Gasteiger partial charge in [-0.05, 0) is 43.6 Å². The fraction of sp³-hybridized carbons (Fsp3) is 0.308. The van der Waals surface area contributed by atoms with Crippen LogP contribution in [0, 0.1) is 5.41 Å². The summed E-state index contributed by atoms with van der Waals surface area (Å²) in [5, 5.41) is 11.2. The van der Waals surface area contributed by atoms with Crippen molar-refractivity contribution < 1.29 is 9.15 Å². The van der Waals surface area contributed by atoms with Crippen LogP contribution >= 0.6 is 0 Å². The van der Waals surface area contributed by atoms with E-state index in [0.29, 0.717) is 11.4 Å². The Morgan fingerprint density at radius 2 is 1.91 bits per heavy atom. The third-order valence-corrected chi connectivity index (χ3v) is 6.39. The van der Waals surface area contributed by atoms with Crippen LogP contribution in [0.1, 0.15) is 43.1 Å². The first-order valence-electron chi connectivity index (χ1n) is 11.3. The minimum Gasteiger partial charge on any atom is -0.468 e. The molecule has 1 atom stereocenters. The number of nitrogens with one attached hydrogen (secondary N) is 1. The molecule has 2 aromatic carbocycles. The Balaban J connectivity index is 1.59. The summed E-state index contributed by atoms with van der Waals surface area (Å²) in [5.41, 5.74) is 2.19. The number of aryl methyl sites for hydroxylation is 1. The smallest absolute Gasteiger partial charge is 0.228 e. The highest BCUT2D eigenvalue weighted by Crippen LogP contribution is 2.47. The van der Waals surface area contributed by atoms with Crippen molar-refractivity contribution in [3.8, 4) is 11.6 Å². The molecule has 1 N–H and O–H groups in total. The Bertz CT molecular complexity index is 1290. The molecular formula is C26H28N4O2. The predicted molar refractivity (Wildman–Crippen MR) is 124 cm³/mol. The summed E-state index contributed by atoms with van der Waals surface area (Å²) in [4.78, 5) is 7.04. The summed E-state index contributed by atoms with van der Waals surface area (Å²) in [7, 11) is 0. The number of nitrogens with zero attached hydrogens (tertiary/aromatic N) is 3. The minimum atomic E-state index is -0.233. The molecule has 1 aliphatic heterocycles. The van der Waals surface area contributed by atoms with Crippen molar-refractivity contribution in [1.82, 2.24) is 14.5 Å². The number of furan rings is 1. The summed E-state index contributed by atoms with van der Waals surface area (Å²) in [6.07, 6.45) is 4.38. The summed E-state index contributed by atoms with van der Waals surface area (Å²) in [5.74, 6) is 1.84. The normalized spacial score (nSPS) is 14.9. The van der Waals surface area contributed by atoms with Gasteiger partial charge in [0.1, 0.15) is 23.3 Å². The van der Waals surface area contributed by atoms with E-state index in [-0.39, 0.29) is 5.92 Å². The van der Waals surface area contributed by atoms with Crippen LogP contribution in [0.4, 0.5) is 0 Å². The Morgan fingerprint density at radius 3 is 2.69 bits per heavy atom. The summed E-state index contributed by atoms with van der Waals surface area (Å²) < 4.78 is 14.1. The number of benzene rings is 2. The van der Waals surface area contributed by atoms with E-state index in [9.17, 15) is 0 Å². The molecule has 0 spiro atoms. The highest BCUT2D eigenvalue weighted by molar-refractivity contribution is 5.91. The van der Waals surface area contributed by atoms with Crippen LogP contribution in [0.5, 0.6) is 11.6 Å². The van der Waals surface area contributed by atoms with Crippen LogP contribution in [0.3, 0.4) is 0 Å². The van der Waals surface area contributed by atoms with Gasteiger partial charge in [-0.15, -0.1) is 0 Å². The molecule has 32 heavy (non-hydrogen) atoms. The molecule has 3 heterocycles. The van der Waals surface area contributed by atoms with Gasteiger partial charge in [-0.2, -0.15) is 0 Å². The van der Waals surface area contributed by atoms with Crippen molar-refractivity contribution in [2.75, 3.05) is 19.6 Å². The first kappa shape index (κ1) is 20.5. The first-order chi connectivity index (χ1) is 15.7. The van der Waals surface area contributed by atoms with Crippen LogP contribution in [-0.2, 0) is 6.54 Å². The van der Waals surface area contributed by atoms with Gasteiger partial charge in [0, 0.05) is 17.5 Å². The van der Waals surface area contributed by atoms with Gasteiger partial charge in [-0.25, -0.2) is 4.98 Å². The molecule has 0 saturated heterocycles. The second-order valence-corrected chi connectivity index (χ2v) is 8.14. The standard InChI is InChI=1S/C26H28N4O2/c1-3-29(4-2)14-8-15-30-17-28-26-23(25(30)27)22(21-11-7-16-31-21)20-13-12-18-9-5-6-10-19(18)24(20)32-26/h5-7,9-13,16-17,22,27H,3-4,8,14-15H2,1-2H3/t22-/m0/s1. The summed E-state index contributed by atoms with van der Waals surface area (Å²) >= 11 is 0. The van der Waals surface area contributed by atoms with Crippen molar-refractivity contribution in [2.24, 2.45) is 0 Å². The topological polar surface area (TPSA) is 67.3 Å². The molecule has 0 unspecified atom stereocenters. The predicted octanol–water partition coefficient (Wildman–Crippen LogP) is 5.13. The van der Waals surface area contributed by atoms with Crippen LogP contribution < -0.4 is 10.2 Å². The fourth-order valence-electron chi connectivity index (χ4n) is 4.63. The van der Waals surface area contributed by atoms with E-state index in [2.05, 4.69) is 48.0 Å². The third-order valence-electron chi connectivity index (χ3n) is 6.39. The van der Waals surface area contributed by atoms with Gasteiger partial charge in [0.15, 0.2) is 0 Å². The zero-order chi connectivity index (χ0) is 22.1. The lowest BCUT2D eigenvalue weighted by Crippen LogP contribution is -2.31. The Hall–Kier alpha value is -3.38. The lowest BCUT2D eigenvalue weighted by atomic mass is 9.86. The van der Waals surface area contributed by atoms with Gasteiger partial charge < -0.3 is 18.6 Å². The quantitative estimate of drug-likeness (QED) is 0.390. The molecule has 2 aromatic heterocycles. The van der Waals surface area contributed by atoms with E-state index in [1.165, 1.54) is 0 Å². The van der Waals surface area contributed by atoms with E-state index in [1.54, 1.807) is 12.6 Å². The van der Waals surface area contributed by atoms with Crippen molar-refractivity contribution in [1.29, 1.82) is 5.41 Å². The number of fused-ring (bicyclic) bond motifs is 4. The highest BCUT2D eigenvalue weighted by atomic mass is 16.5. The molecule has 4 aromatic rings. The molecular weight excluding hydrogens is 400 g/mol. The lowest BCUT2D eigenvalue weighted by molar-refractivity contribution is 0.291. The fourth-order valence-corrected chi connectivity index (χ4v) is 4.63. The monoisotopic (exact) mass is 428 g/mol. The molecule has 164 valence electrons. The van der Waals surface area contributed by atoms with E-state index in [0.717, 1.165) is 66.0 Å². The van der Waals surface area contributed by atoms with Crippen LogP contribution in [0.25, 0.3) is 10.8 Å². The van der Waals surface area contributed by atoms with E-state index in [1.807, 2.05) is 28.8 Å². The Labute approximate surface area is 187 Å². The molecule has 0 saturated carbocycles. The molecule has 5 rings (SSSR count). The maximum Gasteiger partial charge on any atom is 0.228 e. The Morgan fingerprint density at radius 1 is 1.06 bits per heavy atom. The number of rotatable bonds is 7. The van der Waals surface area contributed by atoms with Gasteiger partial charge in [0.2, 0.25) is 5.88 Å². The molecule has 6 heteroatoms. The maximum atomic E-state index is 9.03. The van der Waals surface area contributed by atoms with Gasteiger partial charge >= 0.3 is 0 Å². The molecule has 1 aliphatic rings. The zero-order valence-electron chi connectivity index (χ0n) is 18.5. The number of hydrogen-bond donors (Lipinski definition) is 1. The average Bonchev–Trinajstić information content (AvgIpc) is 3.36. The molecule has 0 radical (unpaired) electrons. The van der Waals surface area contributed by atoms with Gasteiger partial charge in [0.25, 0.3) is 0 Å². The van der Waals surface area contributed by atoms with Gasteiger partial charge in [-0.1, -0.05) is 50.2 Å². The van der Waals surface area contributed by atoms with E-state index < -0.39 is 0 Å². The molecule has 0 bridgehead atoms. The summed E-state index contributed by atoms with van der Waals surface area (Å²) in [6, 6.07) is 16.2. The van der Waals surface area contributed by atoms with Crippen molar-refractivity contribution in [3.05, 3.63) is 83.5 Å². The van der Waals surface area contributed by atoms with Crippen molar-refractivity contribution >= 4 is 10.8 Å². The van der Waals surface area contributed by atoms with E-state index >= 15 is 0 Å².